The molecule has 0 aliphatic heterocycles. The summed E-state index contributed by atoms with van der Waals surface area (Å²) in [6, 6.07) is 1.85. The van der Waals surface area contributed by atoms with Crippen LogP contribution in [0.2, 0.25) is 0 Å². The van der Waals surface area contributed by atoms with E-state index in [4.69, 9.17) is 16.3 Å². The van der Waals surface area contributed by atoms with Crippen molar-refractivity contribution >= 4 is 17.4 Å². The molecule has 100 valence electrons. The van der Waals surface area contributed by atoms with Crippen molar-refractivity contribution in [1.82, 2.24) is 9.97 Å². The van der Waals surface area contributed by atoms with E-state index in [9.17, 15) is 0 Å². The van der Waals surface area contributed by atoms with Crippen LogP contribution in [-0.2, 0) is 0 Å². The summed E-state index contributed by atoms with van der Waals surface area (Å²) >= 11 is 5.82. The Balaban J connectivity index is 1.85. The minimum absolute atomic E-state index is 0.400. The van der Waals surface area contributed by atoms with Crippen LogP contribution in [-0.4, -0.2) is 29.0 Å². The molecule has 1 saturated carbocycles. The quantitative estimate of drug-likeness (QED) is 0.737. The van der Waals surface area contributed by atoms with Crippen LogP contribution in [0.1, 0.15) is 32.6 Å². The van der Waals surface area contributed by atoms with Gasteiger partial charge in [0, 0.05) is 18.5 Å². The van der Waals surface area contributed by atoms with E-state index >= 15 is 0 Å². The number of halogens is 1. The Morgan fingerprint density at radius 2 is 2.28 bits per heavy atom. The Morgan fingerprint density at radius 1 is 1.44 bits per heavy atom. The van der Waals surface area contributed by atoms with Gasteiger partial charge in [-0.25, -0.2) is 9.97 Å². The van der Waals surface area contributed by atoms with E-state index in [0.717, 1.165) is 31.1 Å². The Bertz CT molecular complexity index is 382. The zero-order valence-electron chi connectivity index (χ0n) is 10.8. The summed E-state index contributed by atoms with van der Waals surface area (Å²) in [6.45, 7) is 3.69. The number of hydrogen-bond donors (Lipinski definition) is 1. The van der Waals surface area contributed by atoms with Gasteiger partial charge < -0.3 is 10.1 Å². The number of aromatic nitrogens is 2. The monoisotopic (exact) mass is 269 g/mol. The predicted octanol–water partition coefficient (Wildman–Crippen LogP) is 3.09. The summed E-state index contributed by atoms with van der Waals surface area (Å²) in [5, 5.41) is 3.36. The molecule has 0 radical (unpaired) electrons. The van der Waals surface area contributed by atoms with Crippen molar-refractivity contribution in [1.29, 1.82) is 0 Å². The second-order valence-electron chi connectivity index (χ2n) is 4.88. The number of anilines is 1. The first-order valence-electron chi connectivity index (χ1n) is 6.53. The SMILES string of the molecule is CCCOc1cc(NCC2(CCCl)CC2)ncn1. The minimum atomic E-state index is 0.400. The van der Waals surface area contributed by atoms with Gasteiger partial charge in [-0.15, -0.1) is 11.6 Å². The Hall–Kier alpha value is -1.03. The molecular weight excluding hydrogens is 250 g/mol. The fraction of sp³-hybridized carbons (Fsp3) is 0.692. The fourth-order valence-corrected chi connectivity index (χ4v) is 2.29. The summed E-state index contributed by atoms with van der Waals surface area (Å²) in [4.78, 5) is 8.28. The first kappa shape index (κ1) is 13.4. The van der Waals surface area contributed by atoms with Crippen LogP contribution in [0.15, 0.2) is 12.4 Å². The number of alkyl halides is 1. The van der Waals surface area contributed by atoms with Gasteiger partial charge in [0.1, 0.15) is 12.1 Å². The Labute approximate surface area is 113 Å². The van der Waals surface area contributed by atoms with Gasteiger partial charge in [0.05, 0.1) is 6.61 Å². The van der Waals surface area contributed by atoms with Gasteiger partial charge in [-0.3, -0.25) is 0 Å². The van der Waals surface area contributed by atoms with E-state index in [-0.39, 0.29) is 0 Å². The molecular formula is C13H20ClN3O. The largest absolute Gasteiger partial charge is 0.478 e. The van der Waals surface area contributed by atoms with Gasteiger partial charge in [0.2, 0.25) is 5.88 Å². The average Bonchev–Trinajstić information content (AvgIpc) is 3.15. The molecule has 1 heterocycles. The lowest BCUT2D eigenvalue weighted by Gasteiger charge is -2.15. The number of hydrogen-bond acceptors (Lipinski definition) is 4. The van der Waals surface area contributed by atoms with Crippen LogP contribution >= 0.6 is 11.6 Å². The van der Waals surface area contributed by atoms with Crippen molar-refractivity contribution in [2.24, 2.45) is 5.41 Å². The Morgan fingerprint density at radius 3 is 2.94 bits per heavy atom. The summed E-state index contributed by atoms with van der Waals surface area (Å²) in [5.74, 6) is 2.20. The van der Waals surface area contributed by atoms with Crippen molar-refractivity contribution in [3.05, 3.63) is 12.4 Å². The van der Waals surface area contributed by atoms with E-state index in [1.807, 2.05) is 6.07 Å². The first-order valence-corrected chi connectivity index (χ1v) is 7.06. The molecule has 0 amide bonds. The fourth-order valence-electron chi connectivity index (χ4n) is 1.89. The standard InChI is InChI=1S/C13H20ClN3O/c1-2-7-18-12-8-11(16-10-17-12)15-9-13(3-4-13)5-6-14/h8,10H,2-7,9H2,1H3,(H,15,16,17). The van der Waals surface area contributed by atoms with Crippen LogP contribution in [0.25, 0.3) is 0 Å². The number of nitrogens with zero attached hydrogens (tertiary/aromatic N) is 2. The zero-order chi connectivity index (χ0) is 12.8. The second kappa shape index (κ2) is 6.23. The highest BCUT2D eigenvalue weighted by molar-refractivity contribution is 6.17. The lowest BCUT2D eigenvalue weighted by Crippen LogP contribution is -2.16. The van der Waals surface area contributed by atoms with Crippen molar-refractivity contribution in [2.45, 2.75) is 32.6 Å². The highest BCUT2D eigenvalue weighted by Crippen LogP contribution is 2.48. The maximum Gasteiger partial charge on any atom is 0.218 e. The zero-order valence-corrected chi connectivity index (χ0v) is 11.5. The lowest BCUT2D eigenvalue weighted by molar-refractivity contribution is 0.305. The van der Waals surface area contributed by atoms with Crippen molar-refractivity contribution in [3.8, 4) is 5.88 Å². The number of nitrogens with one attached hydrogen (secondary N) is 1. The molecule has 1 aromatic rings. The number of ether oxygens (including phenoxy) is 1. The Kier molecular flexibility index (Phi) is 4.64. The third-order valence-electron chi connectivity index (χ3n) is 3.32. The highest BCUT2D eigenvalue weighted by atomic mass is 35.5. The van der Waals surface area contributed by atoms with Gasteiger partial charge in [0.15, 0.2) is 0 Å². The summed E-state index contributed by atoms with van der Waals surface area (Å²) < 4.78 is 5.48. The molecule has 0 aromatic carbocycles. The van der Waals surface area contributed by atoms with E-state index in [0.29, 0.717) is 17.9 Å². The second-order valence-corrected chi connectivity index (χ2v) is 5.26. The maximum atomic E-state index is 5.82. The molecule has 4 nitrogen and oxygen atoms in total. The molecule has 0 atom stereocenters. The topological polar surface area (TPSA) is 47.0 Å². The first-order chi connectivity index (χ1) is 8.78. The average molecular weight is 270 g/mol. The molecule has 0 unspecified atom stereocenters. The molecule has 1 fully saturated rings. The van der Waals surface area contributed by atoms with Gasteiger partial charge in [-0.05, 0) is 31.1 Å². The molecule has 0 bridgehead atoms. The van der Waals surface area contributed by atoms with Crippen LogP contribution in [0.4, 0.5) is 5.82 Å². The molecule has 1 aliphatic rings. The smallest absolute Gasteiger partial charge is 0.218 e. The molecule has 1 N–H and O–H groups in total. The van der Waals surface area contributed by atoms with Crippen LogP contribution in [0, 0.1) is 5.41 Å². The molecule has 18 heavy (non-hydrogen) atoms. The van der Waals surface area contributed by atoms with Gasteiger partial charge >= 0.3 is 0 Å². The van der Waals surface area contributed by atoms with Crippen LogP contribution in [0.3, 0.4) is 0 Å². The summed E-state index contributed by atoms with van der Waals surface area (Å²) in [6.07, 6.45) is 6.11. The van der Waals surface area contributed by atoms with E-state index in [1.54, 1.807) is 0 Å². The third kappa shape index (κ3) is 3.73. The van der Waals surface area contributed by atoms with Crippen molar-refractivity contribution in [2.75, 3.05) is 24.3 Å². The molecule has 1 aromatic heterocycles. The lowest BCUT2D eigenvalue weighted by atomic mass is 10.0. The van der Waals surface area contributed by atoms with Gasteiger partial charge in [0.25, 0.3) is 0 Å². The van der Waals surface area contributed by atoms with Crippen molar-refractivity contribution < 1.29 is 4.74 Å². The highest BCUT2D eigenvalue weighted by Gasteiger charge is 2.41. The molecule has 2 rings (SSSR count). The molecule has 0 saturated heterocycles. The van der Waals surface area contributed by atoms with Crippen LogP contribution in [0.5, 0.6) is 5.88 Å². The van der Waals surface area contributed by atoms with Gasteiger partial charge in [-0.1, -0.05) is 6.92 Å². The molecule has 0 spiro atoms. The normalized spacial score (nSPS) is 16.3. The van der Waals surface area contributed by atoms with Gasteiger partial charge in [-0.2, -0.15) is 0 Å². The summed E-state index contributed by atoms with van der Waals surface area (Å²) in [5.41, 5.74) is 0.400. The van der Waals surface area contributed by atoms with E-state index in [1.165, 1.54) is 19.2 Å². The third-order valence-corrected chi connectivity index (χ3v) is 3.51. The molecule has 5 heteroatoms. The maximum absolute atomic E-state index is 5.82. The summed E-state index contributed by atoms with van der Waals surface area (Å²) in [7, 11) is 0. The van der Waals surface area contributed by atoms with Crippen LogP contribution < -0.4 is 10.1 Å². The predicted molar refractivity (Wildman–Crippen MR) is 73.3 cm³/mol. The molecule has 1 aliphatic carbocycles. The van der Waals surface area contributed by atoms with E-state index in [2.05, 4.69) is 22.2 Å². The van der Waals surface area contributed by atoms with Crippen molar-refractivity contribution in [3.63, 3.8) is 0 Å². The van der Waals surface area contributed by atoms with E-state index < -0.39 is 0 Å². The number of rotatable bonds is 8. The minimum Gasteiger partial charge on any atom is -0.478 e.